The van der Waals surface area contributed by atoms with Gasteiger partial charge in [-0.2, -0.15) is 5.12 Å². The number of aromatic nitrogens is 1. The van der Waals surface area contributed by atoms with Crippen molar-refractivity contribution in [1.82, 2.24) is 15.4 Å². The molecule has 6 heteroatoms. The van der Waals surface area contributed by atoms with Crippen LogP contribution < -0.4 is 10.1 Å². The number of rotatable bonds is 5. The molecule has 34 heavy (non-hydrogen) atoms. The van der Waals surface area contributed by atoms with Crippen LogP contribution in [0, 0.1) is 0 Å². The molecular formula is C28H40FN3O2. The third-order valence-electron chi connectivity index (χ3n) is 5.01. The summed E-state index contributed by atoms with van der Waals surface area (Å²) in [5.41, 5.74) is 6.65. The number of aromatic amines is 1. The molecule has 1 aromatic heterocycles. The fraction of sp³-hybridized carbons (Fsp3) is 0.393. The molecule has 5 nitrogen and oxygen atoms in total. The number of aldehydes is 1. The Morgan fingerprint density at radius 1 is 1.18 bits per heavy atom. The quantitative estimate of drug-likeness (QED) is 0.266. The highest BCUT2D eigenvalue weighted by atomic mass is 19.2. The lowest BCUT2D eigenvalue weighted by molar-refractivity contribution is -0.106. The third kappa shape index (κ3) is 8.43. The second kappa shape index (κ2) is 15.8. The normalized spacial score (nSPS) is 13.8. The van der Waals surface area contributed by atoms with Gasteiger partial charge in [-0.1, -0.05) is 51.6 Å². The topological polar surface area (TPSA) is 57.4 Å². The number of carbonyl (C=O) groups excluding carboxylic acids is 1. The summed E-state index contributed by atoms with van der Waals surface area (Å²) in [5.74, 6) is 0.879. The summed E-state index contributed by atoms with van der Waals surface area (Å²) in [7, 11) is 2.67. The predicted octanol–water partition coefficient (Wildman–Crippen LogP) is 6.19. The number of nitrogens with one attached hydrogen (secondary N) is 2. The molecule has 1 atom stereocenters. The molecule has 4 rings (SSSR count). The zero-order valence-electron chi connectivity index (χ0n) is 21.5. The van der Waals surface area contributed by atoms with Crippen LogP contribution in [0.3, 0.4) is 0 Å². The lowest BCUT2D eigenvalue weighted by Crippen LogP contribution is -2.30. The van der Waals surface area contributed by atoms with E-state index in [1.807, 2.05) is 26.0 Å². The molecule has 0 aliphatic carbocycles. The van der Waals surface area contributed by atoms with Gasteiger partial charge in [-0.15, -0.1) is 4.48 Å². The van der Waals surface area contributed by atoms with Crippen LogP contribution in [0.15, 0.2) is 55.1 Å². The Morgan fingerprint density at radius 3 is 2.35 bits per heavy atom. The van der Waals surface area contributed by atoms with E-state index in [2.05, 4.69) is 54.1 Å². The number of fused-ring (bicyclic) bond motifs is 3. The molecule has 0 bridgehead atoms. The largest absolute Gasteiger partial charge is 0.490 e. The van der Waals surface area contributed by atoms with E-state index < -0.39 is 0 Å². The number of halogens is 1. The number of benzene rings is 2. The summed E-state index contributed by atoms with van der Waals surface area (Å²) in [5, 5.41) is 5.54. The molecule has 1 aliphatic rings. The Labute approximate surface area is 203 Å². The van der Waals surface area contributed by atoms with Gasteiger partial charge < -0.3 is 19.8 Å². The van der Waals surface area contributed by atoms with E-state index in [-0.39, 0.29) is 6.04 Å². The zero-order chi connectivity index (χ0) is 25.5. The first-order chi connectivity index (χ1) is 16.4. The van der Waals surface area contributed by atoms with E-state index in [9.17, 15) is 4.48 Å². The van der Waals surface area contributed by atoms with Crippen molar-refractivity contribution in [3.63, 3.8) is 0 Å². The van der Waals surface area contributed by atoms with Crippen molar-refractivity contribution in [3.05, 3.63) is 77.5 Å². The van der Waals surface area contributed by atoms with Gasteiger partial charge in [0.1, 0.15) is 18.6 Å². The second-order valence-corrected chi connectivity index (χ2v) is 7.58. The summed E-state index contributed by atoms with van der Waals surface area (Å²) in [6.45, 7) is 12.9. The van der Waals surface area contributed by atoms with Crippen LogP contribution in [0.25, 0.3) is 10.9 Å². The highest BCUT2D eigenvalue weighted by Crippen LogP contribution is 2.34. The Hall–Kier alpha value is -2.96. The van der Waals surface area contributed by atoms with Crippen LogP contribution in [-0.4, -0.2) is 43.6 Å². The van der Waals surface area contributed by atoms with Crippen molar-refractivity contribution in [2.45, 2.75) is 46.6 Å². The van der Waals surface area contributed by atoms with Crippen LogP contribution in [0.5, 0.6) is 5.75 Å². The van der Waals surface area contributed by atoms with Crippen molar-refractivity contribution in [3.8, 4) is 5.75 Å². The van der Waals surface area contributed by atoms with Gasteiger partial charge in [-0.05, 0) is 60.7 Å². The number of hydrogen-bond acceptors (Lipinski definition) is 4. The number of aryl methyl sites for hydroxylation is 1. The molecular weight excluding hydrogens is 429 g/mol. The summed E-state index contributed by atoms with van der Waals surface area (Å²) in [6, 6.07) is 15.4. The van der Waals surface area contributed by atoms with Gasteiger partial charge in [0.25, 0.3) is 0 Å². The van der Waals surface area contributed by atoms with Gasteiger partial charge in [-0.25, -0.2) is 0 Å². The molecule has 2 aromatic carbocycles. The highest BCUT2D eigenvalue weighted by Gasteiger charge is 2.25. The fourth-order valence-electron chi connectivity index (χ4n) is 3.69. The van der Waals surface area contributed by atoms with Gasteiger partial charge in [0.15, 0.2) is 0 Å². The van der Waals surface area contributed by atoms with E-state index in [0.717, 1.165) is 31.4 Å². The fourth-order valence-corrected chi connectivity index (χ4v) is 3.69. The standard InChI is InChI=1S/C22H24N2O.C2H6FN.C2H4O.C2H6/c1-3-13-25-17-8-6-16(7-9-17)21-22-18(11-12-23-21)19-14-15(4-2)5-10-20(19)24-22;1-4(2)3;1-2-3;1-2/h3,5-10,14,21,23-24H,1,4,11-13H2,2H3;1-2H3;2H,1H3;1-2H3. The molecule has 186 valence electrons. The summed E-state index contributed by atoms with van der Waals surface area (Å²) in [6.07, 6.45) is 4.65. The van der Waals surface area contributed by atoms with E-state index in [1.165, 1.54) is 54.3 Å². The Bertz CT molecular complexity index is 994. The second-order valence-electron chi connectivity index (χ2n) is 7.58. The molecule has 0 spiro atoms. The maximum absolute atomic E-state index is 10.8. The van der Waals surface area contributed by atoms with Crippen molar-refractivity contribution in [2.75, 3.05) is 27.2 Å². The van der Waals surface area contributed by atoms with E-state index >= 15 is 0 Å². The minimum Gasteiger partial charge on any atom is -0.490 e. The molecule has 0 radical (unpaired) electrons. The third-order valence-corrected chi connectivity index (χ3v) is 5.01. The lowest BCUT2D eigenvalue weighted by Gasteiger charge is -2.25. The molecule has 2 N–H and O–H groups in total. The van der Waals surface area contributed by atoms with Gasteiger partial charge >= 0.3 is 0 Å². The average Bonchev–Trinajstić information content (AvgIpc) is 3.22. The van der Waals surface area contributed by atoms with Crippen molar-refractivity contribution in [2.24, 2.45) is 0 Å². The zero-order valence-corrected chi connectivity index (χ0v) is 21.5. The lowest BCUT2D eigenvalue weighted by atomic mass is 9.94. The van der Waals surface area contributed by atoms with Crippen molar-refractivity contribution < 1.29 is 14.0 Å². The summed E-state index contributed by atoms with van der Waals surface area (Å²) >= 11 is 0. The summed E-state index contributed by atoms with van der Waals surface area (Å²) in [4.78, 5) is 12.5. The molecule has 1 aliphatic heterocycles. The van der Waals surface area contributed by atoms with Crippen LogP contribution in [0.4, 0.5) is 4.48 Å². The smallest absolute Gasteiger partial charge is 0.119 e. The number of hydrogen-bond donors (Lipinski definition) is 2. The first-order valence-electron chi connectivity index (χ1n) is 11.9. The number of H-pyrrole nitrogens is 1. The monoisotopic (exact) mass is 469 g/mol. The first-order valence-corrected chi connectivity index (χ1v) is 11.9. The Morgan fingerprint density at radius 2 is 1.79 bits per heavy atom. The Kier molecular flexibility index (Phi) is 13.5. The van der Waals surface area contributed by atoms with Gasteiger partial charge in [-0.3, -0.25) is 0 Å². The van der Waals surface area contributed by atoms with Gasteiger partial charge in [0, 0.05) is 37.2 Å². The maximum Gasteiger partial charge on any atom is 0.119 e. The molecule has 0 saturated heterocycles. The number of carbonyl (C=O) groups is 1. The summed E-state index contributed by atoms with van der Waals surface area (Å²) < 4.78 is 16.4. The molecule has 0 fully saturated rings. The van der Waals surface area contributed by atoms with Crippen molar-refractivity contribution in [1.29, 1.82) is 0 Å². The molecule has 0 saturated carbocycles. The minimum absolute atomic E-state index is 0.203. The van der Waals surface area contributed by atoms with E-state index in [4.69, 9.17) is 9.53 Å². The number of ether oxygens (including phenoxy) is 1. The molecule has 0 amide bonds. The highest BCUT2D eigenvalue weighted by molar-refractivity contribution is 5.86. The Balaban J connectivity index is 0.000000562. The molecule has 3 aromatic rings. The maximum atomic E-state index is 10.8. The SMILES string of the molecule is C=CCOc1ccc(C2NCCc3c2[nH]c2ccc(CC)cc32)cc1.CC.CC=O.CN(C)F. The van der Waals surface area contributed by atoms with Crippen LogP contribution in [-0.2, 0) is 17.6 Å². The minimum atomic E-state index is 0.203. The molecule has 2 heterocycles. The number of nitrogens with zero attached hydrogens (tertiary/aromatic N) is 1. The van der Waals surface area contributed by atoms with Crippen LogP contribution in [0.1, 0.15) is 56.1 Å². The first kappa shape index (κ1) is 29.1. The average molecular weight is 470 g/mol. The van der Waals surface area contributed by atoms with E-state index in [1.54, 1.807) is 6.08 Å². The van der Waals surface area contributed by atoms with E-state index in [0.29, 0.717) is 11.7 Å². The van der Waals surface area contributed by atoms with Gasteiger partial charge in [0.2, 0.25) is 0 Å². The molecule has 1 unspecified atom stereocenters. The predicted molar refractivity (Wildman–Crippen MR) is 141 cm³/mol. The van der Waals surface area contributed by atoms with Gasteiger partial charge in [0.05, 0.1) is 6.04 Å². The van der Waals surface area contributed by atoms with Crippen molar-refractivity contribution >= 4 is 17.2 Å². The van der Waals surface area contributed by atoms with Crippen LogP contribution >= 0.6 is 0 Å². The van der Waals surface area contributed by atoms with Crippen LogP contribution in [0.2, 0.25) is 0 Å².